The van der Waals surface area contributed by atoms with Gasteiger partial charge in [0, 0.05) is 37.8 Å². The molecule has 5 rings (SSSR count). The first-order valence-electron chi connectivity index (χ1n) is 10.6. The van der Waals surface area contributed by atoms with Crippen molar-refractivity contribution in [1.29, 1.82) is 0 Å². The quantitative estimate of drug-likeness (QED) is 0.372. The van der Waals surface area contributed by atoms with E-state index in [0.717, 1.165) is 16.7 Å². The van der Waals surface area contributed by atoms with Crippen molar-refractivity contribution >= 4 is 39.3 Å². The summed E-state index contributed by atoms with van der Waals surface area (Å²) >= 11 is 0. The maximum Gasteiger partial charge on any atom is 0.295 e. The smallest absolute Gasteiger partial charge is 0.295 e. The molecule has 2 aromatic heterocycles. The van der Waals surface area contributed by atoms with E-state index in [0.29, 0.717) is 48.6 Å². The maximum absolute atomic E-state index is 13.2. The highest BCUT2D eigenvalue weighted by Crippen LogP contribution is 2.35. The van der Waals surface area contributed by atoms with E-state index >= 15 is 0 Å². The molecule has 1 N–H and O–H groups in total. The molecule has 9 nitrogen and oxygen atoms in total. The lowest BCUT2D eigenvalue weighted by atomic mass is 10.1. The van der Waals surface area contributed by atoms with Gasteiger partial charge >= 0.3 is 0 Å². The summed E-state index contributed by atoms with van der Waals surface area (Å²) < 4.78 is 10.8. The van der Waals surface area contributed by atoms with Crippen molar-refractivity contribution in [3.8, 4) is 11.5 Å². The van der Waals surface area contributed by atoms with Crippen LogP contribution in [0.3, 0.4) is 0 Å². The number of benzene rings is 2. The number of fused-ring (bicyclic) bond motifs is 2. The molecule has 0 radical (unpaired) electrons. The number of ether oxygens (including phenoxy) is 2. The van der Waals surface area contributed by atoms with E-state index in [-0.39, 0.29) is 5.56 Å². The van der Waals surface area contributed by atoms with E-state index in [1.54, 1.807) is 36.7 Å². The number of Topliss-reactive ketones (excluding diaryl/α,β-unsaturated/α-hetero) is 1. The first-order valence-corrected chi connectivity index (χ1v) is 10.6. The number of piperazine rings is 1. The fourth-order valence-electron chi connectivity index (χ4n) is 4.33. The van der Waals surface area contributed by atoms with Crippen molar-refractivity contribution in [3.05, 3.63) is 54.5 Å². The Morgan fingerprint density at radius 2 is 1.67 bits per heavy atom. The fourth-order valence-corrected chi connectivity index (χ4v) is 4.33. The monoisotopic (exact) mass is 445 g/mol. The standard InChI is InChI=1S/C24H23N5O4/c1-32-18-7-8-19(33-2)21-20(18)16(13-25-21)22(30)24(31)29-11-9-28(10-12-29)23-15-5-3-4-6-17(15)26-14-27-23/h3-8,13-14,25H,9-12H2,1-2H3. The molecule has 1 saturated heterocycles. The van der Waals surface area contributed by atoms with Crippen LogP contribution in [-0.2, 0) is 4.79 Å². The lowest BCUT2D eigenvalue weighted by Crippen LogP contribution is -2.50. The summed E-state index contributed by atoms with van der Waals surface area (Å²) in [5, 5.41) is 1.51. The number of carbonyl (C=O) groups excluding carboxylic acids is 2. The molecule has 0 unspecified atom stereocenters. The van der Waals surface area contributed by atoms with Crippen LogP contribution >= 0.6 is 0 Å². The number of nitrogens with zero attached hydrogens (tertiary/aromatic N) is 4. The van der Waals surface area contributed by atoms with Crippen LogP contribution in [0.4, 0.5) is 5.82 Å². The van der Waals surface area contributed by atoms with Crippen molar-refractivity contribution in [2.75, 3.05) is 45.3 Å². The first-order chi connectivity index (χ1) is 16.1. The molecular weight excluding hydrogens is 422 g/mol. The second-order valence-electron chi connectivity index (χ2n) is 7.75. The average Bonchev–Trinajstić information content (AvgIpc) is 3.32. The number of ketones is 1. The van der Waals surface area contributed by atoms with Crippen LogP contribution < -0.4 is 14.4 Å². The maximum atomic E-state index is 13.2. The molecule has 168 valence electrons. The number of H-pyrrole nitrogens is 1. The molecule has 9 heteroatoms. The molecule has 0 spiro atoms. The van der Waals surface area contributed by atoms with E-state index < -0.39 is 11.7 Å². The Hall–Kier alpha value is -4.14. The largest absolute Gasteiger partial charge is 0.496 e. The molecule has 0 saturated carbocycles. The third-order valence-electron chi connectivity index (χ3n) is 6.03. The number of hydrogen-bond donors (Lipinski definition) is 1. The van der Waals surface area contributed by atoms with Gasteiger partial charge in [-0.3, -0.25) is 9.59 Å². The Morgan fingerprint density at radius 3 is 2.42 bits per heavy atom. The van der Waals surface area contributed by atoms with Gasteiger partial charge in [-0.15, -0.1) is 0 Å². The molecule has 0 bridgehead atoms. The van der Waals surface area contributed by atoms with Gasteiger partial charge in [-0.2, -0.15) is 0 Å². The van der Waals surface area contributed by atoms with Gasteiger partial charge in [0.25, 0.3) is 11.7 Å². The molecule has 33 heavy (non-hydrogen) atoms. The summed E-state index contributed by atoms with van der Waals surface area (Å²) in [6, 6.07) is 11.3. The molecule has 4 aromatic rings. The van der Waals surface area contributed by atoms with Crippen molar-refractivity contribution in [1.82, 2.24) is 19.9 Å². The number of hydrogen-bond acceptors (Lipinski definition) is 7. The molecule has 0 aliphatic carbocycles. The number of anilines is 1. The summed E-state index contributed by atoms with van der Waals surface area (Å²) in [7, 11) is 3.08. The first kappa shape index (κ1) is 20.7. The number of rotatable bonds is 5. The van der Waals surface area contributed by atoms with E-state index in [1.165, 1.54) is 7.11 Å². The topological polar surface area (TPSA) is 101 Å². The zero-order valence-electron chi connectivity index (χ0n) is 18.4. The van der Waals surface area contributed by atoms with Crippen molar-refractivity contribution in [3.63, 3.8) is 0 Å². The van der Waals surface area contributed by atoms with Gasteiger partial charge in [0.05, 0.1) is 36.2 Å². The van der Waals surface area contributed by atoms with Crippen molar-refractivity contribution < 1.29 is 19.1 Å². The number of methoxy groups -OCH3 is 2. The third kappa shape index (κ3) is 3.51. The highest BCUT2D eigenvalue weighted by Gasteiger charge is 2.30. The summed E-state index contributed by atoms with van der Waals surface area (Å²) in [6.45, 7) is 1.99. The molecule has 1 aliphatic heterocycles. The second kappa shape index (κ2) is 8.42. The highest BCUT2D eigenvalue weighted by atomic mass is 16.5. The van der Waals surface area contributed by atoms with Gasteiger partial charge in [0.2, 0.25) is 0 Å². The number of amides is 1. The number of aromatic amines is 1. The Kier molecular flexibility index (Phi) is 5.29. The minimum atomic E-state index is -0.575. The van der Waals surface area contributed by atoms with E-state index in [1.807, 2.05) is 24.3 Å². The third-order valence-corrected chi connectivity index (χ3v) is 6.03. The van der Waals surface area contributed by atoms with Crippen LogP contribution in [0, 0.1) is 0 Å². The van der Waals surface area contributed by atoms with Crippen LogP contribution in [0.5, 0.6) is 11.5 Å². The lowest BCUT2D eigenvalue weighted by molar-refractivity contribution is -0.126. The molecule has 1 fully saturated rings. The van der Waals surface area contributed by atoms with Gasteiger partial charge in [-0.25, -0.2) is 9.97 Å². The number of aromatic nitrogens is 3. The predicted octanol–water partition coefficient (Wildman–Crippen LogP) is 2.66. The van der Waals surface area contributed by atoms with E-state index in [2.05, 4.69) is 19.9 Å². The second-order valence-corrected chi connectivity index (χ2v) is 7.75. The minimum Gasteiger partial charge on any atom is -0.496 e. The lowest BCUT2D eigenvalue weighted by Gasteiger charge is -2.35. The highest BCUT2D eigenvalue weighted by molar-refractivity contribution is 6.45. The van der Waals surface area contributed by atoms with E-state index in [4.69, 9.17) is 9.47 Å². The molecule has 0 atom stereocenters. The summed E-state index contributed by atoms with van der Waals surface area (Å²) in [5.74, 6) is 0.806. The zero-order valence-corrected chi connectivity index (χ0v) is 18.4. The van der Waals surface area contributed by atoms with Crippen LogP contribution in [0.1, 0.15) is 10.4 Å². The Balaban J connectivity index is 1.36. The predicted molar refractivity (Wildman–Crippen MR) is 124 cm³/mol. The number of nitrogens with one attached hydrogen (secondary N) is 1. The van der Waals surface area contributed by atoms with Gasteiger partial charge in [-0.1, -0.05) is 12.1 Å². The van der Waals surface area contributed by atoms with E-state index in [9.17, 15) is 9.59 Å². The van der Waals surface area contributed by atoms with Crippen LogP contribution in [0.25, 0.3) is 21.8 Å². The van der Waals surface area contributed by atoms with Gasteiger partial charge in [0.1, 0.15) is 23.6 Å². The minimum absolute atomic E-state index is 0.273. The van der Waals surface area contributed by atoms with Gasteiger partial charge in [-0.05, 0) is 24.3 Å². The Morgan fingerprint density at radius 1 is 0.939 bits per heavy atom. The molecule has 1 aliphatic rings. The average molecular weight is 445 g/mol. The van der Waals surface area contributed by atoms with Gasteiger partial charge < -0.3 is 24.3 Å². The summed E-state index contributed by atoms with van der Waals surface area (Å²) in [6.07, 6.45) is 3.09. The normalized spacial score (nSPS) is 14.0. The number of carbonyl (C=O) groups is 2. The van der Waals surface area contributed by atoms with Gasteiger partial charge in [0.15, 0.2) is 0 Å². The SMILES string of the molecule is COc1ccc(OC)c2c(C(=O)C(=O)N3CCN(c4ncnc5ccccc45)CC3)c[nH]c12. The van der Waals surface area contributed by atoms with Crippen LogP contribution in [-0.4, -0.2) is 71.9 Å². The molecular formula is C24H23N5O4. The zero-order chi connectivity index (χ0) is 22.9. The summed E-state index contributed by atoms with van der Waals surface area (Å²) in [4.78, 5) is 41.8. The fraction of sp³-hybridized carbons (Fsp3) is 0.250. The number of para-hydroxylation sites is 1. The summed E-state index contributed by atoms with van der Waals surface area (Å²) in [5.41, 5.74) is 1.77. The van der Waals surface area contributed by atoms with Crippen LogP contribution in [0.15, 0.2) is 48.9 Å². The molecule has 3 heterocycles. The Bertz CT molecular complexity index is 1350. The van der Waals surface area contributed by atoms with Crippen molar-refractivity contribution in [2.24, 2.45) is 0 Å². The Labute approximate surface area is 189 Å². The molecule has 2 aromatic carbocycles. The van der Waals surface area contributed by atoms with Crippen molar-refractivity contribution in [2.45, 2.75) is 0 Å². The molecule has 1 amide bonds. The van der Waals surface area contributed by atoms with Crippen LogP contribution in [0.2, 0.25) is 0 Å².